The van der Waals surface area contributed by atoms with Crippen LogP contribution in [0, 0.1) is 12.7 Å². The quantitative estimate of drug-likeness (QED) is 0.305. The Morgan fingerprint density at radius 1 is 1.25 bits per heavy atom. The fourth-order valence-electron chi connectivity index (χ4n) is 3.92. The normalized spacial score (nSPS) is 11.5. The summed E-state index contributed by atoms with van der Waals surface area (Å²) in [5, 5.41) is 11.5. The van der Waals surface area contributed by atoms with Gasteiger partial charge in [-0.1, -0.05) is 17.7 Å². The van der Waals surface area contributed by atoms with Crippen molar-refractivity contribution in [2.24, 2.45) is 0 Å². The number of furan rings is 1. The van der Waals surface area contributed by atoms with E-state index < -0.39 is 18.1 Å². The molecule has 0 radical (unpaired) electrons. The zero-order chi connectivity index (χ0) is 25.4. The van der Waals surface area contributed by atoms with E-state index in [2.05, 4.69) is 20.5 Å². The molecule has 1 N–H and O–H groups in total. The number of nitrogens with zero attached hydrogens (tertiary/aromatic N) is 5. The highest BCUT2D eigenvalue weighted by atomic mass is 35.5. The minimum atomic E-state index is -2.77. The van der Waals surface area contributed by atoms with E-state index in [0.717, 1.165) is 0 Å². The Labute approximate surface area is 207 Å². The van der Waals surface area contributed by atoms with Crippen molar-refractivity contribution in [3.8, 4) is 11.5 Å². The maximum Gasteiger partial charge on any atom is 0.264 e. The molecule has 0 fully saturated rings. The van der Waals surface area contributed by atoms with Gasteiger partial charge in [0.2, 0.25) is 5.91 Å². The van der Waals surface area contributed by atoms with E-state index in [-0.39, 0.29) is 46.0 Å². The number of hydrogen-bond acceptors (Lipinski definition) is 5. The number of carbonyl (C=O) groups excluding carboxylic acids is 1. The van der Waals surface area contributed by atoms with Crippen LogP contribution in [0.3, 0.4) is 0 Å². The second-order valence-electron chi connectivity index (χ2n) is 7.99. The van der Waals surface area contributed by atoms with Crippen molar-refractivity contribution < 1.29 is 22.4 Å². The number of aryl methyl sites for hydroxylation is 1. The number of aromatic nitrogens is 5. The Morgan fingerprint density at radius 2 is 2.08 bits per heavy atom. The lowest BCUT2D eigenvalue weighted by Gasteiger charge is -2.08. The van der Waals surface area contributed by atoms with Crippen molar-refractivity contribution in [3.05, 3.63) is 82.7 Å². The highest BCUT2D eigenvalue weighted by molar-refractivity contribution is 6.31. The average Bonchev–Trinajstić information content (AvgIpc) is 3.58. The molecule has 0 saturated heterocycles. The number of fused-ring (bicyclic) bond motifs is 1. The number of rotatable bonds is 7. The molecule has 0 aliphatic rings. The minimum absolute atomic E-state index is 0.0697. The van der Waals surface area contributed by atoms with Crippen LogP contribution < -0.4 is 5.32 Å². The summed E-state index contributed by atoms with van der Waals surface area (Å²) in [6.07, 6.45) is 1.57. The van der Waals surface area contributed by atoms with E-state index in [4.69, 9.17) is 16.0 Å². The summed E-state index contributed by atoms with van der Waals surface area (Å²) in [6.45, 7) is 1.36. The van der Waals surface area contributed by atoms with Crippen molar-refractivity contribution in [1.82, 2.24) is 24.5 Å². The molecule has 5 rings (SSSR count). The number of pyridine rings is 1. The molecule has 0 atom stereocenters. The van der Waals surface area contributed by atoms with Gasteiger partial charge in [0.25, 0.3) is 6.43 Å². The molecule has 0 spiro atoms. The summed E-state index contributed by atoms with van der Waals surface area (Å²) in [6, 6.07) is 8.88. The number of carbonyl (C=O) groups is 1. The molecule has 0 bridgehead atoms. The predicted octanol–water partition coefficient (Wildman–Crippen LogP) is 5.61. The predicted molar refractivity (Wildman–Crippen MR) is 126 cm³/mol. The molecule has 36 heavy (non-hydrogen) atoms. The van der Waals surface area contributed by atoms with Crippen LogP contribution in [0.5, 0.6) is 0 Å². The zero-order valence-electron chi connectivity index (χ0n) is 18.8. The number of hydrogen-bond donors (Lipinski definition) is 1. The third-order valence-electron chi connectivity index (χ3n) is 5.51. The number of nitrogens with one attached hydrogen (secondary N) is 1. The van der Waals surface area contributed by atoms with Crippen LogP contribution in [0.1, 0.15) is 23.2 Å². The van der Waals surface area contributed by atoms with Gasteiger partial charge in [0.1, 0.15) is 18.1 Å². The first kappa shape index (κ1) is 23.6. The number of benzene rings is 1. The standard InChI is InChI=1S/C24H18ClF3N6O2/c1-13-22-15(23(27)28)8-19(20-6-3-7-36-20)31-24(22)34(32-13)12-21(35)30-14-9-29-33(10-14)11-16-17(25)4-2-5-18(16)26/h2-10,23H,11-12H2,1H3,(H,30,35). The van der Waals surface area contributed by atoms with Crippen LogP contribution in [-0.2, 0) is 17.9 Å². The van der Waals surface area contributed by atoms with E-state index in [1.54, 1.807) is 25.1 Å². The second-order valence-corrected chi connectivity index (χ2v) is 8.40. The van der Waals surface area contributed by atoms with Crippen molar-refractivity contribution in [1.29, 1.82) is 0 Å². The molecule has 5 aromatic rings. The van der Waals surface area contributed by atoms with Crippen LogP contribution in [-0.4, -0.2) is 30.5 Å². The molecule has 1 aromatic carbocycles. The Balaban J connectivity index is 1.38. The first-order chi connectivity index (χ1) is 17.3. The van der Waals surface area contributed by atoms with Crippen LogP contribution in [0.4, 0.5) is 18.9 Å². The smallest absolute Gasteiger partial charge is 0.264 e. The van der Waals surface area contributed by atoms with Crippen molar-refractivity contribution >= 4 is 34.2 Å². The minimum Gasteiger partial charge on any atom is -0.463 e. The Morgan fingerprint density at radius 3 is 2.81 bits per heavy atom. The van der Waals surface area contributed by atoms with Crippen LogP contribution in [0.25, 0.3) is 22.5 Å². The number of amides is 1. The summed E-state index contributed by atoms with van der Waals surface area (Å²) in [5.41, 5.74) is 1.05. The summed E-state index contributed by atoms with van der Waals surface area (Å²) < 4.78 is 49.8. The van der Waals surface area contributed by atoms with Crippen LogP contribution in [0.2, 0.25) is 5.02 Å². The SMILES string of the molecule is Cc1nn(CC(=O)Nc2cnn(Cc3c(F)cccc3Cl)c2)c2nc(-c3ccco3)cc(C(F)F)c12. The Kier molecular flexibility index (Phi) is 6.23. The Hall–Kier alpha value is -4.12. The van der Waals surface area contributed by atoms with Crippen LogP contribution >= 0.6 is 11.6 Å². The fraction of sp³-hybridized carbons (Fsp3) is 0.167. The molecular weight excluding hydrogens is 497 g/mol. The van der Waals surface area contributed by atoms with Crippen molar-refractivity contribution in [2.75, 3.05) is 5.32 Å². The third-order valence-corrected chi connectivity index (χ3v) is 5.86. The topological polar surface area (TPSA) is 90.8 Å². The van der Waals surface area contributed by atoms with Gasteiger partial charge >= 0.3 is 0 Å². The fourth-order valence-corrected chi connectivity index (χ4v) is 4.14. The molecule has 0 saturated carbocycles. The van der Waals surface area contributed by atoms with Gasteiger partial charge in [-0.15, -0.1) is 0 Å². The molecule has 0 unspecified atom stereocenters. The number of anilines is 1. The summed E-state index contributed by atoms with van der Waals surface area (Å²) in [4.78, 5) is 17.2. The summed E-state index contributed by atoms with van der Waals surface area (Å²) in [5.74, 6) is -0.628. The molecule has 4 aromatic heterocycles. The third kappa shape index (κ3) is 4.57. The molecular formula is C24H18ClF3N6O2. The van der Waals surface area contributed by atoms with E-state index >= 15 is 0 Å². The van der Waals surface area contributed by atoms with Crippen LogP contribution in [0.15, 0.2) is 59.5 Å². The van der Waals surface area contributed by atoms with E-state index in [1.165, 1.54) is 46.2 Å². The summed E-state index contributed by atoms with van der Waals surface area (Å²) >= 11 is 6.07. The van der Waals surface area contributed by atoms with Gasteiger partial charge < -0.3 is 9.73 Å². The first-order valence-electron chi connectivity index (χ1n) is 10.8. The van der Waals surface area contributed by atoms with Gasteiger partial charge in [-0.25, -0.2) is 22.8 Å². The second kappa shape index (κ2) is 9.50. The lowest BCUT2D eigenvalue weighted by atomic mass is 10.1. The van der Waals surface area contributed by atoms with Gasteiger partial charge in [0.15, 0.2) is 11.4 Å². The molecule has 184 valence electrons. The number of alkyl halides is 2. The zero-order valence-corrected chi connectivity index (χ0v) is 19.5. The van der Waals surface area contributed by atoms with Crippen molar-refractivity contribution in [2.45, 2.75) is 26.4 Å². The highest BCUT2D eigenvalue weighted by Crippen LogP contribution is 2.33. The van der Waals surface area contributed by atoms with Gasteiger partial charge in [0, 0.05) is 22.3 Å². The molecule has 12 heteroatoms. The Bertz CT molecular complexity index is 1540. The van der Waals surface area contributed by atoms with Gasteiger partial charge in [-0.2, -0.15) is 10.2 Å². The molecule has 8 nitrogen and oxygen atoms in total. The van der Waals surface area contributed by atoms with E-state index in [9.17, 15) is 18.0 Å². The van der Waals surface area contributed by atoms with Gasteiger partial charge in [0.05, 0.1) is 35.8 Å². The van der Waals surface area contributed by atoms with Gasteiger partial charge in [-0.05, 0) is 37.3 Å². The van der Waals surface area contributed by atoms with E-state index in [1.807, 2.05) is 0 Å². The highest BCUT2D eigenvalue weighted by Gasteiger charge is 2.22. The average molecular weight is 515 g/mol. The summed E-state index contributed by atoms with van der Waals surface area (Å²) in [7, 11) is 0. The molecule has 0 aliphatic heterocycles. The maximum absolute atomic E-state index is 14.1. The lowest BCUT2D eigenvalue weighted by molar-refractivity contribution is -0.116. The molecule has 4 heterocycles. The molecule has 1 amide bonds. The van der Waals surface area contributed by atoms with Gasteiger partial charge in [-0.3, -0.25) is 9.48 Å². The van der Waals surface area contributed by atoms with Crippen molar-refractivity contribution in [3.63, 3.8) is 0 Å². The van der Waals surface area contributed by atoms with E-state index in [0.29, 0.717) is 17.1 Å². The number of halogens is 4. The largest absolute Gasteiger partial charge is 0.463 e. The monoisotopic (exact) mass is 514 g/mol. The first-order valence-corrected chi connectivity index (χ1v) is 11.1. The molecule has 0 aliphatic carbocycles. The lowest BCUT2D eigenvalue weighted by Crippen LogP contribution is -2.19. The maximum atomic E-state index is 14.1.